The molecule has 3 nitrogen and oxygen atoms in total. The Kier molecular flexibility index (Phi) is 5.45. The Bertz CT molecular complexity index is 152. The predicted octanol–water partition coefficient (Wildman–Crippen LogP) is 1.05. The van der Waals surface area contributed by atoms with Crippen LogP contribution in [0.5, 0.6) is 0 Å². The number of fused-ring (bicyclic) bond motifs is 1. The van der Waals surface area contributed by atoms with Gasteiger partial charge >= 0.3 is 0 Å². The van der Waals surface area contributed by atoms with Gasteiger partial charge in [-0.05, 0) is 6.54 Å². The first kappa shape index (κ1) is 12.0. The van der Waals surface area contributed by atoms with Crippen LogP contribution >= 0.6 is 0 Å². The summed E-state index contributed by atoms with van der Waals surface area (Å²) in [4.78, 5) is 5.07. The third-order valence-corrected chi connectivity index (χ3v) is 2.97. The van der Waals surface area contributed by atoms with E-state index in [4.69, 9.17) is 4.74 Å². The Morgan fingerprint density at radius 3 is 2.71 bits per heavy atom. The first-order valence-electron chi connectivity index (χ1n) is 5.94. The van der Waals surface area contributed by atoms with Gasteiger partial charge in [0.25, 0.3) is 0 Å². The monoisotopic (exact) mass is 200 g/mol. The highest BCUT2D eigenvalue weighted by Gasteiger charge is 2.28. The van der Waals surface area contributed by atoms with Gasteiger partial charge in [-0.25, -0.2) is 0 Å². The van der Waals surface area contributed by atoms with E-state index in [1.165, 1.54) is 26.2 Å². The molecule has 0 aromatic heterocycles. The van der Waals surface area contributed by atoms with Crippen LogP contribution in [0.25, 0.3) is 0 Å². The molecule has 84 valence electrons. The lowest BCUT2D eigenvalue weighted by molar-refractivity contribution is -0.0435. The summed E-state index contributed by atoms with van der Waals surface area (Å²) in [5.74, 6) is 0. The van der Waals surface area contributed by atoms with Crippen LogP contribution in [-0.2, 0) is 4.74 Å². The van der Waals surface area contributed by atoms with Crippen LogP contribution < -0.4 is 0 Å². The molecule has 1 atom stereocenters. The minimum Gasteiger partial charge on any atom is -0.378 e. The highest BCUT2D eigenvalue weighted by Crippen LogP contribution is 2.12. The van der Waals surface area contributed by atoms with Crippen LogP contribution in [0.15, 0.2) is 0 Å². The summed E-state index contributed by atoms with van der Waals surface area (Å²) >= 11 is 0. The number of likely N-dealkylation sites (N-methyl/N-ethyl adjacent to an activating group) is 1. The number of hydrogen-bond acceptors (Lipinski definition) is 3. The SMILES string of the molecule is CC.CCN1CCN2CCOCC2C1. The average Bonchev–Trinajstić information content (AvgIpc) is 2.31. The summed E-state index contributed by atoms with van der Waals surface area (Å²) < 4.78 is 5.46. The van der Waals surface area contributed by atoms with Gasteiger partial charge in [0, 0.05) is 32.2 Å². The van der Waals surface area contributed by atoms with E-state index in [1.807, 2.05) is 13.8 Å². The van der Waals surface area contributed by atoms with Crippen molar-refractivity contribution in [1.82, 2.24) is 9.80 Å². The number of morpholine rings is 1. The Labute approximate surface area is 88.0 Å². The fourth-order valence-corrected chi connectivity index (χ4v) is 2.10. The Morgan fingerprint density at radius 2 is 2.00 bits per heavy atom. The standard InChI is InChI=1S/C9H18N2O.C2H6/c1-2-10-3-4-11-5-6-12-8-9(11)7-10;1-2/h9H,2-8H2,1H3;1-2H3. The van der Waals surface area contributed by atoms with Crippen LogP contribution in [0, 0.1) is 0 Å². The first-order valence-corrected chi connectivity index (χ1v) is 5.94. The molecule has 2 aliphatic rings. The first-order chi connectivity index (χ1) is 6.90. The molecule has 0 radical (unpaired) electrons. The van der Waals surface area contributed by atoms with Crippen molar-refractivity contribution < 1.29 is 4.74 Å². The minimum atomic E-state index is 0.674. The van der Waals surface area contributed by atoms with Crippen LogP contribution in [0.4, 0.5) is 0 Å². The van der Waals surface area contributed by atoms with Gasteiger partial charge in [0.05, 0.1) is 13.2 Å². The summed E-state index contributed by atoms with van der Waals surface area (Å²) in [5, 5.41) is 0. The quantitative estimate of drug-likeness (QED) is 0.629. The maximum atomic E-state index is 5.46. The summed E-state index contributed by atoms with van der Waals surface area (Å²) in [5.41, 5.74) is 0. The maximum absolute atomic E-state index is 5.46. The van der Waals surface area contributed by atoms with Crippen LogP contribution in [-0.4, -0.2) is 61.8 Å². The van der Waals surface area contributed by atoms with Gasteiger partial charge in [0.2, 0.25) is 0 Å². The van der Waals surface area contributed by atoms with Gasteiger partial charge < -0.3 is 9.64 Å². The highest BCUT2D eigenvalue weighted by atomic mass is 16.5. The smallest absolute Gasteiger partial charge is 0.0634 e. The lowest BCUT2D eigenvalue weighted by Crippen LogP contribution is -2.57. The van der Waals surface area contributed by atoms with Crippen molar-refractivity contribution in [1.29, 1.82) is 0 Å². The maximum Gasteiger partial charge on any atom is 0.0634 e. The molecule has 0 aromatic rings. The van der Waals surface area contributed by atoms with Crippen molar-refractivity contribution in [3.63, 3.8) is 0 Å². The highest BCUT2D eigenvalue weighted by molar-refractivity contribution is 4.83. The summed E-state index contributed by atoms with van der Waals surface area (Å²) in [6.45, 7) is 14.1. The summed E-state index contributed by atoms with van der Waals surface area (Å²) in [7, 11) is 0. The van der Waals surface area contributed by atoms with E-state index in [1.54, 1.807) is 0 Å². The van der Waals surface area contributed by atoms with Crippen molar-refractivity contribution in [2.24, 2.45) is 0 Å². The second-order valence-electron chi connectivity index (χ2n) is 3.66. The van der Waals surface area contributed by atoms with E-state index >= 15 is 0 Å². The Morgan fingerprint density at radius 1 is 1.21 bits per heavy atom. The fraction of sp³-hybridized carbons (Fsp3) is 1.00. The molecule has 2 heterocycles. The van der Waals surface area contributed by atoms with E-state index in [9.17, 15) is 0 Å². The van der Waals surface area contributed by atoms with Gasteiger partial charge in [-0.15, -0.1) is 0 Å². The van der Waals surface area contributed by atoms with E-state index < -0.39 is 0 Å². The van der Waals surface area contributed by atoms with Crippen molar-refractivity contribution in [3.05, 3.63) is 0 Å². The molecule has 2 aliphatic heterocycles. The van der Waals surface area contributed by atoms with E-state index in [0.29, 0.717) is 6.04 Å². The Balaban J connectivity index is 0.000000461. The fourth-order valence-electron chi connectivity index (χ4n) is 2.10. The van der Waals surface area contributed by atoms with Gasteiger partial charge in [-0.1, -0.05) is 20.8 Å². The molecule has 1 unspecified atom stereocenters. The summed E-state index contributed by atoms with van der Waals surface area (Å²) in [6.07, 6.45) is 0. The van der Waals surface area contributed by atoms with Crippen molar-refractivity contribution in [2.75, 3.05) is 45.9 Å². The largest absolute Gasteiger partial charge is 0.378 e. The normalized spacial score (nSPS) is 28.9. The summed E-state index contributed by atoms with van der Waals surface area (Å²) in [6, 6.07) is 0.674. The van der Waals surface area contributed by atoms with Crippen LogP contribution in [0.1, 0.15) is 20.8 Å². The number of ether oxygens (including phenoxy) is 1. The molecule has 0 amide bonds. The molecule has 0 N–H and O–H groups in total. The van der Waals surface area contributed by atoms with Gasteiger partial charge in [-0.3, -0.25) is 4.90 Å². The van der Waals surface area contributed by atoms with Crippen LogP contribution in [0.2, 0.25) is 0 Å². The van der Waals surface area contributed by atoms with Gasteiger partial charge in [0.15, 0.2) is 0 Å². The molecule has 2 fully saturated rings. The number of piperazine rings is 1. The molecule has 2 rings (SSSR count). The zero-order valence-corrected chi connectivity index (χ0v) is 9.83. The molecule has 0 aromatic carbocycles. The Hall–Kier alpha value is -0.120. The molecule has 3 heteroatoms. The van der Waals surface area contributed by atoms with Gasteiger partial charge in [-0.2, -0.15) is 0 Å². The molecule has 0 spiro atoms. The molecular weight excluding hydrogens is 176 g/mol. The molecule has 0 saturated carbocycles. The molecular formula is C11H24N2O. The zero-order valence-electron chi connectivity index (χ0n) is 9.83. The van der Waals surface area contributed by atoms with E-state index in [-0.39, 0.29) is 0 Å². The minimum absolute atomic E-state index is 0.674. The van der Waals surface area contributed by atoms with Crippen LogP contribution in [0.3, 0.4) is 0 Å². The molecule has 0 aliphatic carbocycles. The third kappa shape index (κ3) is 2.94. The van der Waals surface area contributed by atoms with Crippen molar-refractivity contribution in [3.8, 4) is 0 Å². The second-order valence-corrected chi connectivity index (χ2v) is 3.66. The second kappa shape index (κ2) is 6.38. The van der Waals surface area contributed by atoms with Crippen molar-refractivity contribution >= 4 is 0 Å². The van der Waals surface area contributed by atoms with E-state index in [2.05, 4.69) is 16.7 Å². The van der Waals surface area contributed by atoms with Crippen molar-refractivity contribution in [2.45, 2.75) is 26.8 Å². The predicted molar refractivity (Wildman–Crippen MR) is 59.6 cm³/mol. The number of nitrogens with zero attached hydrogens (tertiary/aromatic N) is 2. The zero-order chi connectivity index (χ0) is 10.4. The van der Waals surface area contributed by atoms with E-state index in [0.717, 1.165) is 19.8 Å². The lowest BCUT2D eigenvalue weighted by Gasteiger charge is -2.43. The molecule has 2 saturated heterocycles. The average molecular weight is 200 g/mol. The van der Waals surface area contributed by atoms with Gasteiger partial charge in [0.1, 0.15) is 0 Å². The number of hydrogen-bond donors (Lipinski definition) is 0. The molecule has 0 bridgehead atoms. The number of rotatable bonds is 1. The molecule has 14 heavy (non-hydrogen) atoms. The lowest BCUT2D eigenvalue weighted by atomic mass is 10.1. The topological polar surface area (TPSA) is 15.7 Å². The third-order valence-electron chi connectivity index (χ3n) is 2.97.